The summed E-state index contributed by atoms with van der Waals surface area (Å²) in [5.74, 6) is 0.146. The van der Waals surface area contributed by atoms with Gasteiger partial charge in [0.2, 0.25) is 5.91 Å². The second-order valence-electron chi connectivity index (χ2n) is 6.09. The summed E-state index contributed by atoms with van der Waals surface area (Å²) in [4.78, 5) is 13.9. The number of nitrogens with one attached hydrogen (secondary N) is 1. The fraction of sp³-hybridized carbons (Fsp3) is 0.923. The SMILES string of the molecule is CN(CC(=O)NC1CCCC1)CC(C)(C)CN. The van der Waals surface area contributed by atoms with E-state index >= 15 is 0 Å². The molecule has 1 saturated carbocycles. The number of carbonyl (C=O) groups excluding carboxylic acids is 1. The highest BCUT2D eigenvalue weighted by Gasteiger charge is 2.21. The Bertz CT molecular complexity index is 247. The molecule has 0 saturated heterocycles. The molecule has 3 N–H and O–H groups in total. The Morgan fingerprint density at radius 2 is 2.00 bits per heavy atom. The van der Waals surface area contributed by atoms with Gasteiger partial charge in [-0.1, -0.05) is 26.7 Å². The summed E-state index contributed by atoms with van der Waals surface area (Å²) >= 11 is 0. The molecule has 0 aromatic heterocycles. The van der Waals surface area contributed by atoms with Crippen LogP contribution in [0, 0.1) is 5.41 Å². The van der Waals surface area contributed by atoms with Crippen LogP contribution in [-0.4, -0.2) is 43.5 Å². The molecule has 0 atom stereocenters. The predicted molar refractivity (Wildman–Crippen MR) is 70.7 cm³/mol. The average Bonchev–Trinajstić information content (AvgIpc) is 2.69. The zero-order valence-electron chi connectivity index (χ0n) is 11.5. The molecule has 0 spiro atoms. The monoisotopic (exact) mass is 241 g/mol. The Kier molecular flexibility index (Phi) is 5.40. The van der Waals surface area contributed by atoms with Crippen molar-refractivity contribution in [3.8, 4) is 0 Å². The van der Waals surface area contributed by atoms with Gasteiger partial charge in [0.15, 0.2) is 0 Å². The third-order valence-electron chi connectivity index (χ3n) is 3.38. The smallest absolute Gasteiger partial charge is 0.234 e. The summed E-state index contributed by atoms with van der Waals surface area (Å²) in [5, 5.41) is 3.10. The number of amides is 1. The van der Waals surface area contributed by atoms with E-state index < -0.39 is 0 Å². The van der Waals surface area contributed by atoms with Crippen molar-refractivity contribution >= 4 is 5.91 Å². The third kappa shape index (κ3) is 5.50. The fourth-order valence-electron chi connectivity index (χ4n) is 2.44. The molecule has 100 valence electrons. The van der Waals surface area contributed by atoms with Gasteiger partial charge in [-0.25, -0.2) is 0 Å². The largest absolute Gasteiger partial charge is 0.352 e. The van der Waals surface area contributed by atoms with Crippen molar-refractivity contribution in [2.24, 2.45) is 11.1 Å². The summed E-state index contributed by atoms with van der Waals surface area (Å²) in [5.41, 5.74) is 5.76. The van der Waals surface area contributed by atoms with Crippen molar-refractivity contribution in [1.82, 2.24) is 10.2 Å². The first-order valence-electron chi connectivity index (χ1n) is 6.61. The van der Waals surface area contributed by atoms with E-state index in [-0.39, 0.29) is 11.3 Å². The van der Waals surface area contributed by atoms with Gasteiger partial charge in [0, 0.05) is 12.6 Å². The van der Waals surface area contributed by atoms with Crippen molar-refractivity contribution < 1.29 is 4.79 Å². The van der Waals surface area contributed by atoms with Gasteiger partial charge in [-0.15, -0.1) is 0 Å². The number of rotatable bonds is 6. The van der Waals surface area contributed by atoms with Crippen LogP contribution in [0.1, 0.15) is 39.5 Å². The molecule has 1 aliphatic rings. The molecule has 0 unspecified atom stereocenters. The van der Waals surface area contributed by atoms with Crippen LogP contribution >= 0.6 is 0 Å². The summed E-state index contributed by atoms with van der Waals surface area (Å²) in [6.45, 7) is 6.21. The number of carbonyl (C=O) groups is 1. The van der Waals surface area contributed by atoms with Gasteiger partial charge in [-0.2, -0.15) is 0 Å². The summed E-state index contributed by atoms with van der Waals surface area (Å²) in [6, 6.07) is 0.415. The van der Waals surface area contributed by atoms with Gasteiger partial charge in [-0.05, 0) is 31.8 Å². The van der Waals surface area contributed by atoms with Crippen molar-refractivity contribution in [3.63, 3.8) is 0 Å². The Labute approximate surface area is 105 Å². The summed E-state index contributed by atoms with van der Waals surface area (Å²) in [6.07, 6.45) is 4.79. The van der Waals surface area contributed by atoms with Gasteiger partial charge in [0.1, 0.15) is 0 Å². The lowest BCUT2D eigenvalue weighted by Gasteiger charge is -2.28. The molecule has 1 fully saturated rings. The van der Waals surface area contributed by atoms with Crippen molar-refractivity contribution in [1.29, 1.82) is 0 Å². The van der Waals surface area contributed by atoms with Crippen LogP contribution < -0.4 is 11.1 Å². The molecule has 1 rings (SSSR count). The van der Waals surface area contributed by atoms with Crippen molar-refractivity contribution in [3.05, 3.63) is 0 Å². The van der Waals surface area contributed by atoms with E-state index in [2.05, 4.69) is 24.1 Å². The van der Waals surface area contributed by atoms with Gasteiger partial charge in [0.05, 0.1) is 6.54 Å². The second kappa shape index (κ2) is 6.36. The highest BCUT2D eigenvalue weighted by molar-refractivity contribution is 5.78. The predicted octanol–water partition coefficient (Wildman–Crippen LogP) is 0.962. The zero-order valence-corrected chi connectivity index (χ0v) is 11.5. The van der Waals surface area contributed by atoms with E-state index in [0.717, 1.165) is 19.4 Å². The lowest BCUT2D eigenvalue weighted by molar-refractivity contribution is -0.122. The molecule has 1 amide bonds. The number of likely N-dealkylation sites (N-methyl/N-ethyl adjacent to an activating group) is 1. The van der Waals surface area contributed by atoms with E-state index in [1.54, 1.807) is 0 Å². The Balaban J connectivity index is 2.25. The maximum atomic E-state index is 11.8. The van der Waals surface area contributed by atoms with E-state index in [4.69, 9.17) is 5.73 Å². The topological polar surface area (TPSA) is 58.4 Å². The van der Waals surface area contributed by atoms with E-state index in [9.17, 15) is 4.79 Å². The average molecular weight is 241 g/mol. The van der Waals surface area contributed by atoms with Crippen LogP contribution in [0.2, 0.25) is 0 Å². The van der Waals surface area contributed by atoms with Crippen LogP contribution in [0.4, 0.5) is 0 Å². The van der Waals surface area contributed by atoms with E-state index in [0.29, 0.717) is 19.1 Å². The fourth-order valence-corrected chi connectivity index (χ4v) is 2.44. The van der Waals surface area contributed by atoms with Gasteiger partial charge < -0.3 is 11.1 Å². The van der Waals surface area contributed by atoms with Crippen LogP contribution in [-0.2, 0) is 4.79 Å². The Morgan fingerprint density at radius 3 is 2.53 bits per heavy atom. The minimum atomic E-state index is 0.0718. The zero-order chi connectivity index (χ0) is 12.9. The molecule has 4 nitrogen and oxygen atoms in total. The molecule has 0 bridgehead atoms. The Morgan fingerprint density at radius 1 is 1.41 bits per heavy atom. The number of hydrogen-bond donors (Lipinski definition) is 2. The maximum Gasteiger partial charge on any atom is 0.234 e. The van der Waals surface area contributed by atoms with Crippen LogP contribution in [0.3, 0.4) is 0 Å². The molecule has 0 aliphatic heterocycles. The molecular weight excluding hydrogens is 214 g/mol. The first kappa shape index (κ1) is 14.5. The molecular formula is C13H27N3O. The molecule has 4 heteroatoms. The lowest BCUT2D eigenvalue weighted by Crippen LogP contribution is -2.43. The molecule has 0 aromatic carbocycles. The number of nitrogens with zero attached hydrogens (tertiary/aromatic N) is 1. The summed E-state index contributed by atoms with van der Waals surface area (Å²) in [7, 11) is 1.98. The van der Waals surface area contributed by atoms with Gasteiger partial charge in [0.25, 0.3) is 0 Å². The highest BCUT2D eigenvalue weighted by atomic mass is 16.2. The first-order valence-corrected chi connectivity index (χ1v) is 6.61. The summed E-state index contributed by atoms with van der Waals surface area (Å²) < 4.78 is 0. The molecule has 17 heavy (non-hydrogen) atoms. The standard InChI is InChI=1S/C13H27N3O/c1-13(2,9-14)10-16(3)8-12(17)15-11-6-4-5-7-11/h11H,4-10,14H2,1-3H3,(H,15,17). The second-order valence-corrected chi connectivity index (χ2v) is 6.09. The van der Waals surface area contributed by atoms with Crippen molar-refractivity contribution in [2.45, 2.75) is 45.6 Å². The van der Waals surface area contributed by atoms with Gasteiger partial charge >= 0.3 is 0 Å². The number of nitrogens with two attached hydrogens (primary N) is 1. The minimum absolute atomic E-state index is 0.0718. The molecule has 0 radical (unpaired) electrons. The number of hydrogen-bond acceptors (Lipinski definition) is 3. The lowest BCUT2D eigenvalue weighted by atomic mass is 9.93. The van der Waals surface area contributed by atoms with Gasteiger partial charge in [-0.3, -0.25) is 9.69 Å². The van der Waals surface area contributed by atoms with Crippen LogP contribution in [0.5, 0.6) is 0 Å². The van der Waals surface area contributed by atoms with E-state index in [1.807, 2.05) is 7.05 Å². The molecule has 0 aromatic rings. The Hall–Kier alpha value is -0.610. The van der Waals surface area contributed by atoms with Crippen LogP contribution in [0.15, 0.2) is 0 Å². The third-order valence-corrected chi connectivity index (χ3v) is 3.38. The molecule has 0 heterocycles. The van der Waals surface area contributed by atoms with Crippen LogP contribution in [0.25, 0.3) is 0 Å². The maximum absolute atomic E-state index is 11.8. The highest BCUT2D eigenvalue weighted by Crippen LogP contribution is 2.17. The quantitative estimate of drug-likeness (QED) is 0.728. The molecule has 1 aliphatic carbocycles. The first-order chi connectivity index (χ1) is 7.93. The van der Waals surface area contributed by atoms with E-state index in [1.165, 1.54) is 12.8 Å². The minimum Gasteiger partial charge on any atom is -0.352 e. The normalized spacial score (nSPS) is 17.7. The van der Waals surface area contributed by atoms with Crippen molar-refractivity contribution in [2.75, 3.05) is 26.7 Å².